The largest absolute Gasteiger partial charge is 0.456 e. The Kier molecular flexibility index (Phi) is 6.27. The number of benzene rings is 2. The molecular formula is C26H22BrNO7. The molecule has 2 aromatic carbocycles. The van der Waals surface area contributed by atoms with Crippen LogP contribution in [0.2, 0.25) is 0 Å². The second-order valence-corrected chi connectivity index (χ2v) is 10.1. The van der Waals surface area contributed by atoms with Crippen LogP contribution in [0.15, 0.2) is 53.0 Å². The van der Waals surface area contributed by atoms with Gasteiger partial charge in [0.05, 0.1) is 17.4 Å². The van der Waals surface area contributed by atoms with Crippen molar-refractivity contribution in [1.82, 2.24) is 4.90 Å². The van der Waals surface area contributed by atoms with E-state index in [0.29, 0.717) is 5.56 Å². The van der Waals surface area contributed by atoms with Gasteiger partial charge in [-0.1, -0.05) is 15.9 Å². The third kappa shape index (κ3) is 4.52. The van der Waals surface area contributed by atoms with Crippen LogP contribution in [0.25, 0.3) is 0 Å². The maximum Gasteiger partial charge on any atom is 0.343 e. The van der Waals surface area contributed by atoms with E-state index in [1.807, 2.05) is 0 Å². The van der Waals surface area contributed by atoms with Crippen LogP contribution in [-0.2, 0) is 19.1 Å². The van der Waals surface area contributed by atoms with Gasteiger partial charge in [0.2, 0.25) is 11.8 Å². The van der Waals surface area contributed by atoms with Gasteiger partial charge >= 0.3 is 11.9 Å². The van der Waals surface area contributed by atoms with Gasteiger partial charge in [-0.15, -0.1) is 0 Å². The van der Waals surface area contributed by atoms with E-state index in [9.17, 15) is 24.0 Å². The Labute approximate surface area is 209 Å². The summed E-state index contributed by atoms with van der Waals surface area (Å²) in [7, 11) is 0. The molecule has 0 aromatic heterocycles. The Morgan fingerprint density at radius 3 is 2.03 bits per heavy atom. The molecule has 0 radical (unpaired) electrons. The number of amides is 2. The summed E-state index contributed by atoms with van der Waals surface area (Å²) >= 11 is 3.30. The second kappa shape index (κ2) is 9.37. The average Bonchev–Trinajstić information content (AvgIpc) is 3.54. The molecule has 5 rings (SSSR count). The third-order valence-electron chi connectivity index (χ3n) is 7.14. The molecule has 2 bridgehead atoms. The molecule has 35 heavy (non-hydrogen) atoms. The second-order valence-electron chi connectivity index (χ2n) is 9.15. The molecule has 0 spiro atoms. The fourth-order valence-corrected chi connectivity index (χ4v) is 5.76. The summed E-state index contributed by atoms with van der Waals surface area (Å²) in [6.07, 6.45) is 2.83. The van der Waals surface area contributed by atoms with Crippen LogP contribution in [0.1, 0.15) is 40.0 Å². The van der Waals surface area contributed by atoms with E-state index in [1.54, 1.807) is 24.3 Å². The van der Waals surface area contributed by atoms with Crippen LogP contribution in [0.3, 0.4) is 0 Å². The van der Waals surface area contributed by atoms with E-state index in [4.69, 9.17) is 9.47 Å². The van der Waals surface area contributed by atoms with Crippen molar-refractivity contribution in [2.24, 2.45) is 23.7 Å². The quantitative estimate of drug-likeness (QED) is 0.229. The van der Waals surface area contributed by atoms with E-state index in [-0.39, 0.29) is 46.8 Å². The zero-order valence-electron chi connectivity index (χ0n) is 18.6. The molecule has 1 aliphatic heterocycles. The number of imide groups is 1. The minimum Gasteiger partial charge on any atom is -0.456 e. The molecule has 2 saturated carbocycles. The fraction of sp³-hybridized carbons (Fsp3) is 0.346. The zero-order chi connectivity index (χ0) is 24.7. The number of esters is 2. The lowest BCUT2D eigenvalue weighted by Gasteiger charge is -2.19. The highest BCUT2D eigenvalue weighted by atomic mass is 79.9. The number of hydrogen-bond donors (Lipinski definition) is 0. The lowest BCUT2D eigenvalue weighted by molar-refractivity contribution is -0.152. The number of ketones is 1. The van der Waals surface area contributed by atoms with E-state index in [1.165, 1.54) is 24.3 Å². The number of carbonyl (C=O) groups excluding carboxylic acids is 5. The summed E-state index contributed by atoms with van der Waals surface area (Å²) in [5, 5.41) is 0. The van der Waals surface area contributed by atoms with Gasteiger partial charge in [0.25, 0.3) is 0 Å². The van der Waals surface area contributed by atoms with Crippen LogP contribution in [-0.4, -0.2) is 47.6 Å². The van der Waals surface area contributed by atoms with E-state index in [2.05, 4.69) is 15.9 Å². The van der Waals surface area contributed by atoms with Gasteiger partial charge in [0, 0.05) is 10.0 Å². The third-order valence-corrected chi connectivity index (χ3v) is 7.67. The number of likely N-dealkylation sites (tertiary alicyclic amines) is 1. The number of carbonyl (C=O) groups is 5. The molecule has 4 atom stereocenters. The minimum absolute atomic E-state index is 0.237. The van der Waals surface area contributed by atoms with Gasteiger partial charge in [-0.3, -0.25) is 24.1 Å². The van der Waals surface area contributed by atoms with Crippen LogP contribution in [0.4, 0.5) is 0 Å². The Bertz CT molecular complexity index is 1180. The highest BCUT2D eigenvalue weighted by molar-refractivity contribution is 9.10. The standard InChI is InChI=1S/C26H22BrNO7/c27-18-7-3-15(4-8-18)26(33)35-19-9-5-14(6-10-19)20(29)13-34-21(30)12-28-24(31)22-16-1-2-17(11-16)23(22)25(28)32/h3-10,16-17,22-23H,1-2,11-13H2. The molecule has 2 aromatic rings. The first-order chi connectivity index (χ1) is 16.8. The summed E-state index contributed by atoms with van der Waals surface area (Å²) in [5.74, 6) is -2.23. The van der Waals surface area contributed by atoms with E-state index < -0.39 is 30.9 Å². The first-order valence-corrected chi connectivity index (χ1v) is 12.2. The highest BCUT2D eigenvalue weighted by Gasteiger charge is 2.61. The number of fused-ring (bicyclic) bond motifs is 5. The van der Waals surface area contributed by atoms with Crippen molar-refractivity contribution >= 4 is 45.5 Å². The van der Waals surface area contributed by atoms with Crippen LogP contribution < -0.4 is 4.74 Å². The molecular weight excluding hydrogens is 518 g/mol. The first kappa shape index (κ1) is 23.4. The predicted molar refractivity (Wildman–Crippen MR) is 125 cm³/mol. The molecule has 1 saturated heterocycles. The van der Waals surface area contributed by atoms with Crippen molar-refractivity contribution < 1.29 is 33.4 Å². The van der Waals surface area contributed by atoms with E-state index >= 15 is 0 Å². The summed E-state index contributed by atoms with van der Waals surface area (Å²) in [5.41, 5.74) is 0.646. The molecule has 2 amide bonds. The van der Waals surface area contributed by atoms with Crippen molar-refractivity contribution in [2.75, 3.05) is 13.2 Å². The number of nitrogens with zero attached hydrogens (tertiary/aromatic N) is 1. The smallest absolute Gasteiger partial charge is 0.343 e. The van der Waals surface area contributed by atoms with Gasteiger partial charge in [-0.2, -0.15) is 0 Å². The summed E-state index contributed by atoms with van der Waals surface area (Å²) in [4.78, 5) is 63.3. The van der Waals surface area contributed by atoms with Crippen molar-refractivity contribution in [3.8, 4) is 5.75 Å². The molecule has 1 heterocycles. The molecule has 9 heteroatoms. The summed E-state index contributed by atoms with van der Waals surface area (Å²) < 4.78 is 11.2. The van der Waals surface area contributed by atoms with Crippen LogP contribution in [0.5, 0.6) is 5.75 Å². The lowest BCUT2D eigenvalue weighted by Crippen LogP contribution is -2.38. The lowest BCUT2D eigenvalue weighted by atomic mass is 9.81. The van der Waals surface area contributed by atoms with Crippen molar-refractivity contribution in [3.63, 3.8) is 0 Å². The molecule has 2 aliphatic carbocycles. The molecule has 3 aliphatic rings. The molecule has 4 unspecified atom stereocenters. The normalized spacial score (nSPS) is 24.4. The molecule has 0 N–H and O–H groups in total. The van der Waals surface area contributed by atoms with Gasteiger partial charge in [0.15, 0.2) is 12.4 Å². The van der Waals surface area contributed by atoms with Gasteiger partial charge in [0.1, 0.15) is 12.3 Å². The predicted octanol–water partition coefficient (Wildman–Crippen LogP) is 3.43. The zero-order valence-corrected chi connectivity index (χ0v) is 20.2. The maximum absolute atomic E-state index is 12.7. The average molecular weight is 540 g/mol. The summed E-state index contributed by atoms with van der Waals surface area (Å²) in [6.45, 7) is -0.993. The molecule has 3 fully saturated rings. The van der Waals surface area contributed by atoms with Crippen LogP contribution in [0, 0.1) is 23.7 Å². The molecule has 8 nitrogen and oxygen atoms in total. The SMILES string of the molecule is O=C(CN1C(=O)C2C3CCC(C3)C2C1=O)OCC(=O)c1ccc(OC(=O)c2ccc(Br)cc2)cc1. The minimum atomic E-state index is -0.799. The van der Waals surface area contributed by atoms with Gasteiger partial charge in [-0.05, 0) is 79.6 Å². The Balaban J connectivity index is 1.12. The van der Waals surface area contributed by atoms with Crippen molar-refractivity contribution in [1.29, 1.82) is 0 Å². The highest BCUT2D eigenvalue weighted by Crippen LogP contribution is 2.56. The Morgan fingerprint density at radius 2 is 1.43 bits per heavy atom. The topological polar surface area (TPSA) is 107 Å². The fourth-order valence-electron chi connectivity index (χ4n) is 5.49. The number of rotatable bonds is 7. The van der Waals surface area contributed by atoms with E-state index in [0.717, 1.165) is 28.6 Å². The number of ether oxygens (including phenoxy) is 2. The number of halogens is 1. The van der Waals surface area contributed by atoms with Gasteiger partial charge in [-0.25, -0.2) is 4.79 Å². The summed E-state index contributed by atoms with van der Waals surface area (Å²) in [6, 6.07) is 12.6. The number of Topliss-reactive ketones (excluding diaryl/α,β-unsaturated/α-hetero) is 1. The first-order valence-electron chi connectivity index (χ1n) is 11.4. The number of hydrogen-bond acceptors (Lipinski definition) is 7. The van der Waals surface area contributed by atoms with Crippen molar-refractivity contribution in [3.05, 3.63) is 64.1 Å². The Morgan fingerprint density at radius 1 is 0.857 bits per heavy atom. The Hall–Kier alpha value is -3.33. The van der Waals surface area contributed by atoms with Crippen molar-refractivity contribution in [2.45, 2.75) is 19.3 Å². The molecule has 180 valence electrons. The monoisotopic (exact) mass is 539 g/mol. The maximum atomic E-state index is 12.7. The van der Waals surface area contributed by atoms with Gasteiger partial charge < -0.3 is 9.47 Å². The van der Waals surface area contributed by atoms with Crippen LogP contribution >= 0.6 is 15.9 Å².